The molecule has 0 saturated heterocycles. The maximum Gasteiger partial charge on any atom is 0.321 e. The second-order valence-electron chi connectivity index (χ2n) is 5.47. The number of ether oxygens (including phenoxy) is 1. The van der Waals surface area contributed by atoms with Gasteiger partial charge in [-0.15, -0.1) is 0 Å². The summed E-state index contributed by atoms with van der Waals surface area (Å²) in [6, 6.07) is 12.5. The van der Waals surface area contributed by atoms with Crippen molar-refractivity contribution in [2.45, 2.75) is 13.5 Å². The third-order valence-corrected chi connectivity index (χ3v) is 4.25. The van der Waals surface area contributed by atoms with Crippen LogP contribution >= 0.6 is 15.9 Å². The summed E-state index contributed by atoms with van der Waals surface area (Å²) in [5.41, 5.74) is 2.06. The molecule has 0 fully saturated rings. The Morgan fingerprint density at radius 1 is 1.16 bits per heavy atom. The van der Waals surface area contributed by atoms with Gasteiger partial charge in [0.2, 0.25) is 5.91 Å². The average Bonchev–Trinajstić information content (AvgIpc) is 2.56. The lowest BCUT2D eigenvalue weighted by atomic mass is 10.2. The number of hydrogen-bond acceptors (Lipinski definition) is 3. The Hall–Kier alpha value is -2.54. The van der Waals surface area contributed by atoms with Crippen molar-refractivity contribution in [1.29, 1.82) is 0 Å². The quantitative estimate of drug-likeness (QED) is 0.786. The topological polar surface area (TPSA) is 70.7 Å². The van der Waals surface area contributed by atoms with E-state index in [0.29, 0.717) is 23.7 Å². The molecule has 7 heteroatoms. The van der Waals surface area contributed by atoms with E-state index in [9.17, 15) is 9.59 Å². The van der Waals surface area contributed by atoms with E-state index in [4.69, 9.17) is 4.74 Å². The molecular formula is C18H20BrN3O3. The zero-order chi connectivity index (χ0) is 18.4. The van der Waals surface area contributed by atoms with Crippen molar-refractivity contribution in [2.75, 3.05) is 24.8 Å². The van der Waals surface area contributed by atoms with E-state index in [2.05, 4.69) is 26.6 Å². The molecule has 0 saturated carbocycles. The van der Waals surface area contributed by atoms with Crippen LogP contribution in [0.15, 0.2) is 46.9 Å². The first-order valence-corrected chi connectivity index (χ1v) is 8.41. The van der Waals surface area contributed by atoms with Crippen LogP contribution in [-0.2, 0) is 11.3 Å². The van der Waals surface area contributed by atoms with Gasteiger partial charge in [-0.05, 0) is 29.8 Å². The van der Waals surface area contributed by atoms with Gasteiger partial charge in [-0.3, -0.25) is 4.79 Å². The predicted molar refractivity (Wildman–Crippen MR) is 102 cm³/mol. The number of halogens is 1. The number of carbonyl (C=O) groups is 2. The van der Waals surface area contributed by atoms with Crippen LogP contribution in [-0.4, -0.2) is 31.0 Å². The van der Waals surface area contributed by atoms with Crippen molar-refractivity contribution in [3.63, 3.8) is 0 Å². The number of amides is 3. The van der Waals surface area contributed by atoms with Crippen molar-refractivity contribution >= 4 is 39.2 Å². The van der Waals surface area contributed by atoms with Gasteiger partial charge in [0.25, 0.3) is 0 Å². The number of anilines is 2. The van der Waals surface area contributed by atoms with Crippen molar-refractivity contribution in [2.24, 2.45) is 0 Å². The minimum Gasteiger partial charge on any atom is -0.495 e. The van der Waals surface area contributed by atoms with Gasteiger partial charge in [-0.25, -0.2) is 4.79 Å². The van der Waals surface area contributed by atoms with Crippen LogP contribution in [0.4, 0.5) is 16.2 Å². The van der Waals surface area contributed by atoms with E-state index in [1.807, 2.05) is 24.3 Å². The van der Waals surface area contributed by atoms with E-state index in [0.717, 1.165) is 10.0 Å². The Labute approximate surface area is 155 Å². The third kappa shape index (κ3) is 5.22. The van der Waals surface area contributed by atoms with Crippen molar-refractivity contribution in [3.05, 3.63) is 52.5 Å². The number of urea groups is 1. The van der Waals surface area contributed by atoms with E-state index in [1.165, 1.54) is 14.0 Å². The molecule has 0 aliphatic rings. The maximum atomic E-state index is 12.5. The number of carbonyl (C=O) groups excluding carboxylic acids is 2. The number of hydrogen-bond donors (Lipinski definition) is 2. The van der Waals surface area contributed by atoms with Crippen LogP contribution in [0.5, 0.6) is 5.75 Å². The molecule has 2 N–H and O–H groups in total. The van der Waals surface area contributed by atoms with Gasteiger partial charge < -0.3 is 20.3 Å². The summed E-state index contributed by atoms with van der Waals surface area (Å²) in [4.78, 5) is 25.2. The summed E-state index contributed by atoms with van der Waals surface area (Å²) in [7, 11) is 3.23. The SMILES string of the molecule is COc1ccc(NC(C)=O)cc1NC(=O)N(C)Cc1ccccc1Br. The van der Waals surface area contributed by atoms with Crippen LogP contribution in [0.2, 0.25) is 0 Å². The highest BCUT2D eigenvalue weighted by molar-refractivity contribution is 9.10. The van der Waals surface area contributed by atoms with Crippen LogP contribution in [0.1, 0.15) is 12.5 Å². The van der Waals surface area contributed by atoms with Gasteiger partial charge in [0.05, 0.1) is 12.8 Å². The number of nitrogens with zero attached hydrogens (tertiary/aromatic N) is 1. The highest BCUT2D eigenvalue weighted by atomic mass is 79.9. The molecule has 6 nitrogen and oxygen atoms in total. The molecule has 3 amide bonds. The van der Waals surface area contributed by atoms with Crippen LogP contribution in [0, 0.1) is 0 Å². The summed E-state index contributed by atoms with van der Waals surface area (Å²) in [6.45, 7) is 1.87. The molecule has 0 aliphatic heterocycles. The lowest BCUT2D eigenvalue weighted by Crippen LogP contribution is -2.31. The molecule has 0 aliphatic carbocycles. The summed E-state index contributed by atoms with van der Waals surface area (Å²) in [5.74, 6) is 0.324. The smallest absolute Gasteiger partial charge is 0.321 e. The van der Waals surface area contributed by atoms with Gasteiger partial charge in [-0.1, -0.05) is 34.1 Å². The first-order valence-electron chi connectivity index (χ1n) is 7.62. The first-order chi connectivity index (χ1) is 11.9. The molecule has 2 aromatic carbocycles. The Morgan fingerprint density at radius 2 is 1.88 bits per heavy atom. The average molecular weight is 406 g/mol. The van der Waals surface area contributed by atoms with Crippen LogP contribution in [0.25, 0.3) is 0 Å². The molecule has 25 heavy (non-hydrogen) atoms. The second kappa shape index (κ2) is 8.53. The van der Waals surface area contributed by atoms with Gasteiger partial charge in [0.15, 0.2) is 0 Å². The van der Waals surface area contributed by atoms with E-state index in [-0.39, 0.29) is 11.9 Å². The van der Waals surface area contributed by atoms with Crippen LogP contribution in [0.3, 0.4) is 0 Å². The molecule has 0 atom stereocenters. The summed E-state index contributed by atoms with van der Waals surface area (Å²) in [5, 5.41) is 5.49. The van der Waals surface area contributed by atoms with Gasteiger partial charge >= 0.3 is 6.03 Å². The normalized spacial score (nSPS) is 10.1. The Bertz CT molecular complexity index is 780. The Morgan fingerprint density at radius 3 is 2.52 bits per heavy atom. The zero-order valence-corrected chi connectivity index (χ0v) is 15.9. The fourth-order valence-electron chi connectivity index (χ4n) is 2.25. The highest BCUT2D eigenvalue weighted by Gasteiger charge is 2.14. The van der Waals surface area contributed by atoms with Crippen molar-refractivity contribution < 1.29 is 14.3 Å². The standard InChI is InChI=1S/C18H20BrN3O3/c1-12(23)20-14-8-9-17(25-3)16(10-14)21-18(24)22(2)11-13-6-4-5-7-15(13)19/h4-10H,11H2,1-3H3,(H,20,23)(H,21,24). The van der Waals surface area contributed by atoms with E-state index < -0.39 is 0 Å². The van der Waals surface area contributed by atoms with Crippen molar-refractivity contribution in [1.82, 2.24) is 4.90 Å². The number of methoxy groups -OCH3 is 1. The Kier molecular flexibility index (Phi) is 6.41. The second-order valence-corrected chi connectivity index (χ2v) is 6.33. The Balaban J connectivity index is 2.13. The summed E-state index contributed by atoms with van der Waals surface area (Å²) >= 11 is 3.48. The van der Waals surface area contributed by atoms with Gasteiger partial charge in [0, 0.05) is 30.7 Å². The molecule has 132 valence electrons. The zero-order valence-electron chi connectivity index (χ0n) is 14.3. The number of rotatable bonds is 5. The monoisotopic (exact) mass is 405 g/mol. The van der Waals surface area contributed by atoms with E-state index in [1.54, 1.807) is 30.1 Å². The summed E-state index contributed by atoms with van der Waals surface area (Å²) in [6.07, 6.45) is 0. The van der Waals surface area contributed by atoms with Gasteiger partial charge in [-0.2, -0.15) is 0 Å². The maximum absolute atomic E-state index is 12.5. The highest BCUT2D eigenvalue weighted by Crippen LogP contribution is 2.28. The number of benzene rings is 2. The van der Waals surface area contributed by atoms with Gasteiger partial charge in [0.1, 0.15) is 5.75 Å². The summed E-state index contributed by atoms with van der Waals surface area (Å²) < 4.78 is 6.21. The molecule has 0 bridgehead atoms. The number of nitrogens with one attached hydrogen (secondary N) is 2. The van der Waals surface area contributed by atoms with E-state index >= 15 is 0 Å². The molecule has 0 heterocycles. The predicted octanol–water partition coefficient (Wildman–Crippen LogP) is 4.08. The molecule has 2 rings (SSSR count). The minimum absolute atomic E-state index is 0.187. The third-order valence-electron chi connectivity index (χ3n) is 3.47. The molecule has 0 radical (unpaired) electrons. The van der Waals surface area contributed by atoms with Crippen molar-refractivity contribution in [3.8, 4) is 5.75 Å². The first kappa shape index (κ1) is 18.8. The molecule has 0 unspecified atom stereocenters. The fourth-order valence-corrected chi connectivity index (χ4v) is 2.66. The van der Waals surface area contributed by atoms with Crippen LogP contribution < -0.4 is 15.4 Å². The lowest BCUT2D eigenvalue weighted by molar-refractivity contribution is -0.114. The minimum atomic E-state index is -0.283. The molecule has 0 aromatic heterocycles. The molecule has 0 spiro atoms. The largest absolute Gasteiger partial charge is 0.495 e. The molecular weight excluding hydrogens is 386 g/mol. The lowest BCUT2D eigenvalue weighted by Gasteiger charge is -2.20. The molecule has 2 aromatic rings. The fraction of sp³-hybridized carbons (Fsp3) is 0.222.